The number of benzene rings is 3. The number of pyridine rings is 1. The lowest BCUT2D eigenvalue weighted by Gasteiger charge is -2.18. The SMILES string of the molecule is CC(=O)NCCNCc1cn(CCCOc2cccc(-c3cccc(COc4cc(OCc5cncc(C#N)c5)c(CNCCNC(C)=O)cc4Cl)c3C)c2C)nn1. The number of hydrogen-bond acceptors (Lipinski definition) is 11. The third kappa shape index (κ3) is 13.0. The van der Waals surface area contributed by atoms with Crippen molar-refractivity contribution in [2.75, 3.05) is 32.8 Å². The second-order valence-electron chi connectivity index (χ2n) is 13.7. The van der Waals surface area contributed by atoms with Gasteiger partial charge >= 0.3 is 0 Å². The van der Waals surface area contributed by atoms with Gasteiger partial charge in [0.05, 0.1) is 22.9 Å². The van der Waals surface area contributed by atoms with Gasteiger partial charge < -0.3 is 35.5 Å². The number of carbonyl (C=O) groups is 2. The third-order valence-corrected chi connectivity index (χ3v) is 9.48. The molecule has 0 saturated heterocycles. The molecule has 5 rings (SSSR count). The summed E-state index contributed by atoms with van der Waals surface area (Å²) in [5.41, 5.74) is 8.12. The zero-order chi connectivity index (χ0) is 41.3. The second kappa shape index (κ2) is 22.1. The van der Waals surface area contributed by atoms with Crippen LogP contribution in [0.3, 0.4) is 0 Å². The number of aromatic nitrogens is 4. The van der Waals surface area contributed by atoms with E-state index in [2.05, 4.69) is 68.6 Å². The molecular formula is C43H50ClN9O5. The maximum absolute atomic E-state index is 11.3. The smallest absolute Gasteiger partial charge is 0.216 e. The molecule has 0 atom stereocenters. The van der Waals surface area contributed by atoms with Crippen molar-refractivity contribution in [3.05, 3.63) is 117 Å². The Morgan fingerprint density at radius 3 is 2.24 bits per heavy atom. The molecule has 2 aromatic heterocycles. The highest BCUT2D eigenvalue weighted by atomic mass is 35.5. The highest BCUT2D eigenvalue weighted by Crippen LogP contribution is 2.36. The van der Waals surface area contributed by atoms with Crippen molar-refractivity contribution >= 4 is 23.4 Å². The molecule has 2 heterocycles. The maximum atomic E-state index is 11.3. The molecule has 2 amide bonds. The van der Waals surface area contributed by atoms with Gasteiger partial charge in [0.25, 0.3) is 0 Å². The molecule has 0 aliphatic rings. The van der Waals surface area contributed by atoms with Crippen molar-refractivity contribution in [2.24, 2.45) is 0 Å². The summed E-state index contributed by atoms with van der Waals surface area (Å²) < 4.78 is 20.7. The van der Waals surface area contributed by atoms with Crippen LogP contribution in [0.2, 0.25) is 5.02 Å². The fourth-order valence-electron chi connectivity index (χ4n) is 6.13. The van der Waals surface area contributed by atoms with Gasteiger partial charge in [0.1, 0.15) is 36.5 Å². The minimum atomic E-state index is -0.0912. The minimum absolute atomic E-state index is 0.0474. The molecule has 0 saturated carbocycles. The van der Waals surface area contributed by atoms with E-state index in [1.807, 2.05) is 41.2 Å². The summed E-state index contributed by atoms with van der Waals surface area (Å²) in [7, 11) is 0. The number of halogens is 1. The van der Waals surface area contributed by atoms with Crippen molar-refractivity contribution in [1.29, 1.82) is 5.26 Å². The number of carbonyl (C=O) groups excluding carboxylic acids is 2. The Bertz CT molecular complexity index is 2200. The van der Waals surface area contributed by atoms with E-state index in [1.54, 1.807) is 18.3 Å². The quantitative estimate of drug-likeness (QED) is 0.0644. The summed E-state index contributed by atoms with van der Waals surface area (Å²) in [6.07, 6.45) is 5.84. The predicted octanol–water partition coefficient (Wildman–Crippen LogP) is 5.56. The summed E-state index contributed by atoms with van der Waals surface area (Å²) in [6, 6.07) is 19.7. The molecule has 0 radical (unpaired) electrons. The summed E-state index contributed by atoms with van der Waals surface area (Å²) >= 11 is 6.79. The predicted molar refractivity (Wildman–Crippen MR) is 221 cm³/mol. The molecule has 0 unspecified atom stereocenters. The summed E-state index contributed by atoms with van der Waals surface area (Å²) in [4.78, 5) is 26.4. The van der Waals surface area contributed by atoms with Crippen molar-refractivity contribution in [3.8, 4) is 34.4 Å². The zero-order valence-corrected chi connectivity index (χ0v) is 34.1. The van der Waals surface area contributed by atoms with Gasteiger partial charge in [0.15, 0.2) is 0 Å². The van der Waals surface area contributed by atoms with E-state index in [0.717, 1.165) is 56.8 Å². The lowest BCUT2D eigenvalue weighted by atomic mass is 9.93. The van der Waals surface area contributed by atoms with Gasteiger partial charge in [-0.3, -0.25) is 19.3 Å². The Kier molecular flexibility index (Phi) is 16.4. The van der Waals surface area contributed by atoms with Crippen LogP contribution in [0.15, 0.2) is 73.2 Å². The number of aryl methyl sites for hydroxylation is 1. The van der Waals surface area contributed by atoms with Gasteiger partial charge in [-0.05, 0) is 59.9 Å². The Morgan fingerprint density at radius 1 is 0.793 bits per heavy atom. The van der Waals surface area contributed by atoms with Gasteiger partial charge in [0, 0.05) is 102 Å². The average molecular weight is 808 g/mol. The first kappa shape index (κ1) is 43.1. The molecule has 14 nitrogen and oxygen atoms in total. The Balaban J connectivity index is 1.21. The first-order valence-corrected chi connectivity index (χ1v) is 19.5. The van der Waals surface area contributed by atoms with Crippen molar-refractivity contribution in [1.82, 2.24) is 41.2 Å². The highest BCUT2D eigenvalue weighted by molar-refractivity contribution is 6.32. The fraction of sp³-hybridized carbons (Fsp3) is 0.349. The molecule has 0 aliphatic carbocycles. The lowest BCUT2D eigenvalue weighted by Crippen LogP contribution is -2.30. The van der Waals surface area contributed by atoms with E-state index in [9.17, 15) is 14.9 Å². The molecule has 3 aromatic carbocycles. The molecule has 0 fully saturated rings. The van der Waals surface area contributed by atoms with E-state index in [4.69, 9.17) is 25.8 Å². The summed E-state index contributed by atoms with van der Waals surface area (Å²) in [6.45, 7) is 12.1. The van der Waals surface area contributed by atoms with Crippen LogP contribution in [0.25, 0.3) is 11.1 Å². The first-order valence-electron chi connectivity index (χ1n) is 19.1. The van der Waals surface area contributed by atoms with E-state index in [1.165, 1.54) is 20.0 Å². The molecule has 58 heavy (non-hydrogen) atoms. The van der Waals surface area contributed by atoms with Gasteiger partial charge in [-0.1, -0.05) is 47.1 Å². The Labute approximate surface area is 344 Å². The van der Waals surface area contributed by atoms with Gasteiger partial charge in [0.2, 0.25) is 11.8 Å². The number of ether oxygens (including phenoxy) is 3. The molecular weight excluding hydrogens is 758 g/mol. The average Bonchev–Trinajstić information content (AvgIpc) is 3.66. The van der Waals surface area contributed by atoms with Crippen LogP contribution >= 0.6 is 11.6 Å². The monoisotopic (exact) mass is 807 g/mol. The number of amides is 2. The minimum Gasteiger partial charge on any atom is -0.493 e. The number of nitriles is 1. The topological polar surface area (TPSA) is 177 Å². The number of hydrogen-bond donors (Lipinski definition) is 4. The van der Waals surface area contributed by atoms with Gasteiger partial charge in [-0.15, -0.1) is 5.10 Å². The van der Waals surface area contributed by atoms with Gasteiger partial charge in [-0.25, -0.2) is 0 Å². The molecule has 15 heteroatoms. The largest absolute Gasteiger partial charge is 0.493 e. The number of nitrogens with zero attached hydrogens (tertiary/aromatic N) is 5. The molecule has 304 valence electrons. The lowest BCUT2D eigenvalue weighted by molar-refractivity contribution is -0.119. The van der Waals surface area contributed by atoms with E-state index < -0.39 is 0 Å². The summed E-state index contributed by atoms with van der Waals surface area (Å²) in [5, 5.41) is 30.3. The molecule has 0 bridgehead atoms. The van der Waals surface area contributed by atoms with Crippen LogP contribution in [0.4, 0.5) is 0 Å². The maximum Gasteiger partial charge on any atom is 0.216 e. The second-order valence-corrected chi connectivity index (χ2v) is 14.1. The molecule has 5 aromatic rings. The van der Waals surface area contributed by atoms with Crippen molar-refractivity contribution in [3.63, 3.8) is 0 Å². The van der Waals surface area contributed by atoms with Crippen LogP contribution < -0.4 is 35.5 Å². The molecule has 4 N–H and O–H groups in total. The van der Waals surface area contributed by atoms with Crippen LogP contribution in [0, 0.1) is 25.2 Å². The van der Waals surface area contributed by atoms with Crippen molar-refractivity contribution in [2.45, 2.75) is 67.0 Å². The van der Waals surface area contributed by atoms with Gasteiger partial charge in [-0.2, -0.15) is 5.26 Å². The van der Waals surface area contributed by atoms with Crippen LogP contribution in [-0.4, -0.2) is 64.6 Å². The third-order valence-electron chi connectivity index (χ3n) is 9.18. The number of nitrogens with one attached hydrogen (secondary N) is 4. The van der Waals surface area contributed by atoms with Crippen LogP contribution in [0.5, 0.6) is 17.2 Å². The Morgan fingerprint density at radius 2 is 1.50 bits per heavy atom. The van der Waals surface area contributed by atoms with Crippen LogP contribution in [-0.2, 0) is 42.4 Å². The molecule has 0 spiro atoms. The van der Waals surface area contributed by atoms with E-state index in [-0.39, 0.29) is 25.0 Å². The summed E-state index contributed by atoms with van der Waals surface area (Å²) in [5.74, 6) is 1.72. The normalized spacial score (nSPS) is 10.8. The first-order chi connectivity index (χ1) is 28.1. The van der Waals surface area contributed by atoms with Crippen molar-refractivity contribution < 1.29 is 23.8 Å². The Hall–Kier alpha value is -6.01. The van der Waals surface area contributed by atoms with E-state index >= 15 is 0 Å². The van der Waals surface area contributed by atoms with Crippen LogP contribution in [0.1, 0.15) is 59.3 Å². The zero-order valence-electron chi connectivity index (χ0n) is 33.4. The highest BCUT2D eigenvalue weighted by Gasteiger charge is 2.16. The standard InChI is InChI=1S/C43H50ClN9O5/c1-29-35(28-58-43-20-42(57-27-34-18-33(21-45)22-48-23-34)36(19-40(43)44)24-46-12-14-49-31(3)54)8-5-9-38(29)39-10-6-11-41(30(39)2)56-17-7-16-53-26-37(51-52-53)25-47-13-15-50-32(4)55/h5-6,8-11,18-20,22-23,26,46-47H,7,12-17,24-25,27-28H2,1-4H3,(H,49,54)(H,50,55). The molecule has 0 aliphatic heterocycles. The van der Waals surface area contributed by atoms with E-state index in [0.29, 0.717) is 74.5 Å². The fourth-order valence-corrected chi connectivity index (χ4v) is 6.37. The number of rotatable bonds is 22.